The van der Waals surface area contributed by atoms with Crippen molar-refractivity contribution in [3.8, 4) is 0 Å². The van der Waals surface area contributed by atoms with Crippen LogP contribution in [0.2, 0.25) is 0 Å². The average molecular weight is 364 g/mol. The third kappa shape index (κ3) is 3.60. The third-order valence-electron chi connectivity index (χ3n) is 4.53. The second-order valence-corrected chi connectivity index (χ2v) is 6.31. The molecule has 2 unspecified atom stereocenters. The predicted molar refractivity (Wildman–Crippen MR) is 91.1 cm³/mol. The van der Waals surface area contributed by atoms with Gasteiger partial charge < -0.3 is 29.7 Å². The van der Waals surface area contributed by atoms with Crippen LogP contribution < -0.4 is 0 Å². The fourth-order valence-electron chi connectivity index (χ4n) is 3.11. The van der Waals surface area contributed by atoms with Gasteiger partial charge in [0.1, 0.15) is 36.7 Å². The number of rotatable bonds is 6. The fourth-order valence-corrected chi connectivity index (χ4v) is 3.11. The van der Waals surface area contributed by atoms with Crippen molar-refractivity contribution in [3.05, 3.63) is 55.9 Å². The largest absolute Gasteiger partial charge is 0.369 e. The minimum Gasteiger partial charge on any atom is -0.369 e. The van der Waals surface area contributed by atoms with Crippen LogP contribution in [-0.4, -0.2) is 44.4 Å². The van der Waals surface area contributed by atoms with Gasteiger partial charge in [0, 0.05) is 12.1 Å². The first-order valence-electron chi connectivity index (χ1n) is 8.21. The first-order chi connectivity index (χ1) is 12.4. The second kappa shape index (κ2) is 7.26. The number of aromatic nitrogens is 2. The molecular weight excluding hydrogens is 344 g/mol. The minimum atomic E-state index is -0.423. The Labute approximate surface area is 149 Å². The standard InChI is InChI=1S/C16H20N4O6/c1-11-3-5-15(19(21)22)17(11)7-13-9-26-14(10-25-13)8-18-12(2)4-6-16(18)20(23)24/h3-6,13-14H,7-10H2,1-2H3. The van der Waals surface area contributed by atoms with E-state index in [1.54, 1.807) is 35.1 Å². The maximum absolute atomic E-state index is 11.1. The number of hydrogen-bond acceptors (Lipinski definition) is 6. The van der Waals surface area contributed by atoms with Crippen molar-refractivity contribution in [1.82, 2.24) is 9.13 Å². The van der Waals surface area contributed by atoms with Crippen LogP contribution in [-0.2, 0) is 22.6 Å². The zero-order valence-corrected chi connectivity index (χ0v) is 14.5. The Balaban J connectivity index is 1.60. The summed E-state index contributed by atoms with van der Waals surface area (Å²) in [5.74, 6) is 0.0404. The molecule has 0 spiro atoms. The van der Waals surface area contributed by atoms with Crippen LogP contribution >= 0.6 is 0 Å². The molecule has 3 heterocycles. The topological polar surface area (TPSA) is 115 Å². The van der Waals surface area contributed by atoms with E-state index >= 15 is 0 Å². The average Bonchev–Trinajstić information content (AvgIpc) is 3.13. The van der Waals surface area contributed by atoms with E-state index in [1.807, 2.05) is 0 Å². The Morgan fingerprint density at radius 1 is 0.885 bits per heavy atom. The molecular formula is C16H20N4O6. The van der Waals surface area contributed by atoms with Crippen LogP contribution in [0.15, 0.2) is 24.3 Å². The maximum atomic E-state index is 11.1. The zero-order chi connectivity index (χ0) is 18.8. The Hall–Kier alpha value is -2.72. The van der Waals surface area contributed by atoms with Gasteiger partial charge in [0.2, 0.25) is 0 Å². The molecule has 0 aromatic carbocycles. The number of nitrogens with zero attached hydrogens (tertiary/aromatic N) is 4. The van der Waals surface area contributed by atoms with Crippen molar-refractivity contribution in [2.45, 2.75) is 39.1 Å². The lowest BCUT2D eigenvalue weighted by Crippen LogP contribution is -2.40. The Morgan fingerprint density at radius 3 is 1.58 bits per heavy atom. The van der Waals surface area contributed by atoms with Crippen LogP contribution in [0, 0.1) is 34.1 Å². The molecule has 10 nitrogen and oxygen atoms in total. The van der Waals surface area contributed by atoms with Gasteiger partial charge in [-0.2, -0.15) is 0 Å². The van der Waals surface area contributed by atoms with Crippen molar-refractivity contribution >= 4 is 11.6 Å². The van der Waals surface area contributed by atoms with Gasteiger partial charge in [-0.25, -0.2) is 9.13 Å². The molecule has 2 aromatic heterocycles. The number of hydrogen-bond donors (Lipinski definition) is 0. The molecule has 0 saturated carbocycles. The molecule has 0 radical (unpaired) electrons. The summed E-state index contributed by atoms with van der Waals surface area (Å²) in [6.07, 6.45) is -0.617. The Bertz CT molecular complexity index is 751. The normalized spacial score (nSPS) is 20.2. The lowest BCUT2D eigenvalue weighted by Gasteiger charge is -2.28. The van der Waals surface area contributed by atoms with Crippen molar-refractivity contribution in [1.29, 1.82) is 0 Å². The molecule has 0 amide bonds. The SMILES string of the molecule is Cc1ccc([N+](=O)[O-])n1CC1COC(Cn2c(C)ccc2[N+](=O)[O-])CO1. The first kappa shape index (κ1) is 18.1. The monoisotopic (exact) mass is 364 g/mol. The van der Waals surface area contributed by atoms with Crippen molar-refractivity contribution in [2.75, 3.05) is 13.2 Å². The van der Waals surface area contributed by atoms with Gasteiger partial charge in [0.25, 0.3) is 0 Å². The van der Waals surface area contributed by atoms with Crippen molar-refractivity contribution in [2.24, 2.45) is 0 Å². The van der Waals surface area contributed by atoms with Crippen LogP contribution in [0.4, 0.5) is 11.6 Å². The molecule has 2 atom stereocenters. The zero-order valence-electron chi connectivity index (χ0n) is 14.5. The van der Waals surface area contributed by atoms with E-state index in [0.29, 0.717) is 13.1 Å². The smallest absolute Gasteiger partial charge is 0.323 e. The van der Waals surface area contributed by atoms with E-state index in [0.717, 1.165) is 11.4 Å². The molecule has 1 saturated heterocycles. The van der Waals surface area contributed by atoms with Crippen molar-refractivity contribution in [3.63, 3.8) is 0 Å². The molecule has 1 aliphatic rings. The predicted octanol–water partition coefficient (Wildman–Crippen LogP) is 2.21. The summed E-state index contributed by atoms with van der Waals surface area (Å²) < 4.78 is 14.8. The van der Waals surface area contributed by atoms with E-state index in [2.05, 4.69) is 0 Å². The lowest BCUT2D eigenvalue weighted by atomic mass is 10.2. The van der Waals surface area contributed by atoms with E-state index in [4.69, 9.17) is 9.47 Å². The Kier molecular flexibility index (Phi) is 5.05. The van der Waals surface area contributed by atoms with Gasteiger partial charge in [-0.1, -0.05) is 0 Å². The first-order valence-corrected chi connectivity index (χ1v) is 8.21. The van der Waals surface area contributed by atoms with E-state index in [9.17, 15) is 20.2 Å². The van der Waals surface area contributed by atoms with E-state index in [-0.39, 0.29) is 37.1 Å². The van der Waals surface area contributed by atoms with Crippen LogP contribution in [0.5, 0.6) is 0 Å². The van der Waals surface area contributed by atoms with Gasteiger partial charge in [-0.05, 0) is 35.8 Å². The molecule has 3 rings (SSSR count). The molecule has 140 valence electrons. The van der Waals surface area contributed by atoms with E-state index in [1.165, 1.54) is 12.1 Å². The van der Waals surface area contributed by atoms with Crippen molar-refractivity contribution < 1.29 is 19.3 Å². The summed E-state index contributed by atoms with van der Waals surface area (Å²) in [6, 6.07) is 6.32. The molecule has 26 heavy (non-hydrogen) atoms. The number of ether oxygens (including phenoxy) is 2. The van der Waals surface area contributed by atoms with Gasteiger partial charge in [-0.15, -0.1) is 0 Å². The highest BCUT2D eigenvalue weighted by Gasteiger charge is 2.29. The van der Waals surface area contributed by atoms with Gasteiger partial charge in [0.05, 0.1) is 13.2 Å². The summed E-state index contributed by atoms with van der Waals surface area (Å²) in [5.41, 5.74) is 1.56. The maximum Gasteiger partial charge on any atom is 0.323 e. The summed E-state index contributed by atoms with van der Waals surface area (Å²) in [4.78, 5) is 21.3. The fraction of sp³-hybridized carbons (Fsp3) is 0.500. The lowest BCUT2D eigenvalue weighted by molar-refractivity contribution is -0.392. The highest BCUT2D eigenvalue weighted by Crippen LogP contribution is 2.22. The van der Waals surface area contributed by atoms with Crippen LogP contribution in [0.1, 0.15) is 11.4 Å². The van der Waals surface area contributed by atoms with Crippen LogP contribution in [0.25, 0.3) is 0 Å². The number of nitro groups is 2. The third-order valence-corrected chi connectivity index (χ3v) is 4.53. The van der Waals surface area contributed by atoms with Gasteiger partial charge in [0.15, 0.2) is 0 Å². The second-order valence-electron chi connectivity index (χ2n) is 6.31. The molecule has 0 bridgehead atoms. The molecule has 1 aliphatic heterocycles. The van der Waals surface area contributed by atoms with E-state index < -0.39 is 9.85 Å². The highest BCUT2D eigenvalue weighted by atomic mass is 16.6. The quantitative estimate of drug-likeness (QED) is 0.573. The molecule has 0 N–H and O–H groups in total. The Morgan fingerprint density at radius 2 is 1.27 bits per heavy atom. The number of aryl methyl sites for hydroxylation is 2. The summed E-state index contributed by atoms with van der Waals surface area (Å²) in [5, 5.41) is 22.2. The summed E-state index contributed by atoms with van der Waals surface area (Å²) in [7, 11) is 0. The minimum absolute atomic E-state index is 0.0202. The van der Waals surface area contributed by atoms with Gasteiger partial charge in [-0.3, -0.25) is 0 Å². The van der Waals surface area contributed by atoms with Crippen LogP contribution in [0.3, 0.4) is 0 Å². The molecule has 0 aliphatic carbocycles. The summed E-state index contributed by atoms with van der Waals surface area (Å²) in [6.45, 7) is 4.79. The molecule has 1 fully saturated rings. The molecule has 2 aromatic rings. The molecule has 10 heteroatoms. The van der Waals surface area contributed by atoms with Gasteiger partial charge >= 0.3 is 11.6 Å². The highest BCUT2D eigenvalue weighted by molar-refractivity contribution is 5.27. The summed E-state index contributed by atoms with van der Waals surface area (Å²) >= 11 is 0.